The molecule has 13 rings (SSSR count). The molecule has 4 atom stereocenters. The van der Waals surface area contributed by atoms with Gasteiger partial charge in [0, 0.05) is 0 Å². The van der Waals surface area contributed by atoms with Crippen molar-refractivity contribution >= 4 is 86.2 Å². The molecule has 0 bridgehead atoms. The molecule has 1 fully saturated rings. The Morgan fingerprint density at radius 3 is 0.925 bits per heavy atom. The van der Waals surface area contributed by atoms with Crippen molar-refractivity contribution in [3.63, 3.8) is 0 Å². The van der Waals surface area contributed by atoms with Crippen LogP contribution in [-0.2, 0) is 20.7 Å². The molecule has 0 saturated carbocycles. The third-order valence-corrected chi connectivity index (χ3v) is 14.7. The number of aryl methyl sites for hydroxylation is 1. The molecule has 4 heteroatoms. The van der Waals surface area contributed by atoms with Crippen LogP contribution < -0.4 is 0 Å². The molecular formula is C63H46O4. The highest BCUT2D eigenvalue weighted by molar-refractivity contribution is 6.14. The summed E-state index contributed by atoms with van der Waals surface area (Å²) in [5.74, 6) is 0. The van der Waals surface area contributed by atoms with Gasteiger partial charge in [0.05, 0.1) is 0 Å². The zero-order valence-corrected chi connectivity index (χ0v) is 37.2. The van der Waals surface area contributed by atoms with Crippen molar-refractivity contribution in [1.82, 2.24) is 0 Å². The average Bonchev–Trinajstić information content (AvgIpc) is 3.79. The molecule has 2 N–H and O–H groups in total. The highest BCUT2D eigenvalue weighted by Crippen LogP contribution is 2.54. The van der Waals surface area contributed by atoms with E-state index in [1.165, 1.54) is 0 Å². The van der Waals surface area contributed by atoms with Crippen molar-refractivity contribution in [2.75, 3.05) is 0 Å². The Bertz CT molecular complexity index is 3870. The summed E-state index contributed by atoms with van der Waals surface area (Å²) in [5, 5.41) is 45.9. The standard InChI is InChI=1S/C63H46O4/c1-38-31-32-47-43(33-38)37-59(55-30-16-12-26-51(47)55)63(65,58-36-42-19-5-8-22-46(42)50-25-11-15-29-54(50)58)61-60(66-39(2)67-61)62(64,56-34-40-17-3-6-20-44(40)48-23-9-13-27-52(48)56)57-35-41-18-4-7-21-45(41)49-24-10-14-28-53(49)57/h3-37,39,60-61,64-65H,1-2H3/t39?,60-,61-,63?/m1/s1. The lowest BCUT2D eigenvalue weighted by Gasteiger charge is -2.44. The van der Waals surface area contributed by atoms with Gasteiger partial charge in [0.15, 0.2) is 6.29 Å². The van der Waals surface area contributed by atoms with E-state index in [1.807, 2.05) is 49.4 Å². The second kappa shape index (κ2) is 15.0. The second-order valence-corrected chi connectivity index (χ2v) is 18.5. The molecular weight excluding hydrogens is 821 g/mol. The quantitative estimate of drug-likeness (QED) is 0.164. The summed E-state index contributed by atoms with van der Waals surface area (Å²) in [4.78, 5) is 0. The second-order valence-electron chi connectivity index (χ2n) is 18.5. The monoisotopic (exact) mass is 866 g/mol. The van der Waals surface area contributed by atoms with Crippen LogP contribution in [0, 0.1) is 6.92 Å². The number of hydrogen-bond acceptors (Lipinski definition) is 4. The Kier molecular flexibility index (Phi) is 8.96. The fourth-order valence-electron chi connectivity index (χ4n) is 11.8. The fraction of sp³-hybridized carbons (Fsp3) is 0.111. The van der Waals surface area contributed by atoms with Gasteiger partial charge < -0.3 is 19.7 Å². The lowest BCUT2D eigenvalue weighted by Crippen LogP contribution is -2.55. The molecule has 322 valence electrons. The van der Waals surface area contributed by atoms with Crippen LogP contribution >= 0.6 is 0 Å². The zero-order chi connectivity index (χ0) is 45.0. The Hall–Kier alpha value is -7.44. The molecule has 12 aromatic carbocycles. The Morgan fingerprint density at radius 2 is 0.582 bits per heavy atom. The van der Waals surface area contributed by atoms with Crippen LogP contribution in [0.15, 0.2) is 212 Å². The minimum Gasteiger partial charge on any atom is -0.377 e. The first kappa shape index (κ1) is 39.9. The molecule has 0 amide bonds. The summed E-state index contributed by atoms with van der Waals surface area (Å²) in [6.45, 7) is 3.98. The smallest absolute Gasteiger partial charge is 0.156 e. The number of aliphatic hydroxyl groups is 2. The van der Waals surface area contributed by atoms with Crippen LogP contribution in [-0.4, -0.2) is 28.7 Å². The van der Waals surface area contributed by atoms with E-state index in [0.29, 0.717) is 22.3 Å². The van der Waals surface area contributed by atoms with Gasteiger partial charge in [0.1, 0.15) is 23.4 Å². The normalized spacial score (nSPS) is 17.7. The number of ether oxygens (including phenoxy) is 2. The molecule has 12 aromatic rings. The SMILES string of the molecule is Cc1ccc2c(c1)cc(C(O)(c1cc3ccccc3c3ccccc13)[C@@H]1OC(C)O[C@H]1C(O)(c1cc3ccccc3c3ccccc13)c1cc3ccccc3c3ccccc13)c1ccccc12. The first-order valence-electron chi connectivity index (χ1n) is 23.2. The van der Waals surface area contributed by atoms with E-state index >= 15 is 10.2 Å². The average molecular weight is 867 g/mol. The van der Waals surface area contributed by atoms with Crippen molar-refractivity contribution in [3.8, 4) is 0 Å². The summed E-state index contributed by atoms with van der Waals surface area (Å²) in [5.41, 5.74) is -0.0965. The summed E-state index contributed by atoms with van der Waals surface area (Å²) >= 11 is 0. The molecule has 4 nitrogen and oxygen atoms in total. The zero-order valence-electron chi connectivity index (χ0n) is 37.2. The van der Waals surface area contributed by atoms with Crippen LogP contribution in [0.3, 0.4) is 0 Å². The van der Waals surface area contributed by atoms with E-state index in [9.17, 15) is 0 Å². The van der Waals surface area contributed by atoms with E-state index in [0.717, 1.165) is 91.7 Å². The highest BCUT2D eigenvalue weighted by atomic mass is 16.7. The molecule has 0 spiro atoms. The molecule has 1 heterocycles. The van der Waals surface area contributed by atoms with Gasteiger partial charge in [0.2, 0.25) is 0 Å². The third kappa shape index (κ3) is 5.88. The number of rotatable bonds is 6. The van der Waals surface area contributed by atoms with Crippen molar-refractivity contribution in [1.29, 1.82) is 0 Å². The molecule has 67 heavy (non-hydrogen) atoms. The van der Waals surface area contributed by atoms with Gasteiger partial charge >= 0.3 is 0 Å². The minimum absolute atomic E-state index is 0.666. The molecule has 0 radical (unpaired) electrons. The molecule has 2 unspecified atom stereocenters. The van der Waals surface area contributed by atoms with Crippen molar-refractivity contribution in [2.24, 2.45) is 0 Å². The summed E-state index contributed by atoms with van der Waals surface area (Å²) in [6, 6.07) is 73.4. The maximum Gasteiger partial charge on any atom is 0.156 e. The molecule has 0 aromatic heterocycles. The largest absolute Gasteiger partial charge is 0.377 e. The lowest BCUT2D eigenvalue weighted by atomic mass is 9.68. The first-order valence-corrected chi connectivity index (χ1v) is 23.2. The summed E-state index contributed by atoms with van der Waals surface area (Å²) in [6.07, 6.45) is -3.19. The first-order chi connectivity index (χ1) is 32.8. The van der Waals surface area contributed by atoms with Gasteiger partial charge in [-0.05, 0) is 147 Å². The molecule has 1 saturated heterocycles. The van der Waals surface area contributed by atoms with Gasteiger partial charge in [0.25, 0.3) is 0 Å². The highest BCUT2D eigenvalue weighted by Gasteiger charge is 2.60. The Balaban J connectivity index is 1.20. The van der Waals surface area contributed by atoms with Gasteiger partial charge in [-0.25, -0.2) is 0 Å². The molecule has 1 aliphatic rings. The number of benzene rings is 12. The minimum atomic E-state index is -1.94. The van der Waals surface area contributed by atoms with Gasteiger partial charge in [-0.15, -0.1) is 0 Å². The van der Waals surface area contributed by atoms with E-state index in [1.54, 1.807) is 0 Å². The van der Waals surface area contributed by atoms with Gasteiger partial charge in [-0.2, -0.15) is 0 Å². The predicted octanol–water partition coefficient (Wildman–Crippen LogP) is 14.5. The van der Waals surface area contributed by atoms with Crippen LogP contribution in [0.2, 0.25) is 0 Å². The number of fused-ring (bicyclic) bond motifs is 12. The Labute approximate surface area is 387 Å². The third-order valence-electron chi connectivity index (χ3n) is 14.7. The maximum atomic E-state index is 15.0. The van der Waals surface area contributed by atoms with Crippen LogP contribution in [0.4, 0.5) is 0 Å². The molecule has 0 aliphatic carbocycles. The predicted molar refractivity (Wildman–Crippen MR) is 276 cm³/mol. The Morgan fingerprint density at radius 1 is 0.313 bits per heavy atom. The topological polar surface area (TPSA) is 58.9 Å². The number of hydrogen-bond donors (Lipinski definition) is 2. The van der Waals surface area contributed by atoms with Crippen molar-refractivity contribution in [2.45, 2.75) is 43.5 Å². The van der Waals surface area contributed by atoms with E-state index < -0.39 is 29.7 Å². The van der Waals surface area contributed by atoms with E-state index in [-0.39, 0.29) is 0 Å². The fourth-order valence-corrected chi connectivity index (χ4v) is 11.8. The summed E-state index contributed by atoms with van der Waals surface area (Å²) in [7, 11) is 0. The van der Waals surface area contributed by atoms with Gasteiger partial charge in [-0.3, -0.25) is 0 Å². The van der Waals surface area contributed by atoms with Crippen molar-refractivity contribution < 1.29 is 19.7 Å². The van der Waals surface area contributed by atoms with Crippen LogP contribution in [0.1, 0.15) is 34.7 Å². The van der Waals surface area contributed by atoms with Gasteiger partial charge in [-0.1, -0.05) is 194 Å². The maximum absolute atomic E-state index is 15.0. The van der Waals surface area contributed by atoms with Crippen molar-refractivity contribution in [3.05, 3.63) is 240 Å². The van der Waals surface area contributed by atoms with E-state index in [2.05, 4.69) is 177 Å². The lowest BCUT2D eigenvalue weighted by molar-refractivity contribution is -0.108. The molecule has 1 aliphatic heterocycles. The van der Waals surface area contributed by atoms with Crippen LogP contribution in [0.25, 0.3) is 86.2 Å². The van der Waals surface area contributed by atoms with E-state index in [4.69, 9.17) is 9.47 Å². The summed E-state index contributed by atoms with van der Waals surface area (Å²) < 4.78 is 14.5. The van der Waals surface area contributed by atoms with Crippen LogP contribution in [0.5, 0.6) is 0 Å².